The number of esters is 1. The number of nitrogens with one attached hydrogen (secondary N) is 1. The maximum absolute atomic E-state index is 11.2. The number of carbonyl (C=O) groups excluding carboxylic acids is 1. The summed E-state index contributed by atoms with van der Waals surface area (Å²) in [6, 6.07) is 0. The van der Waals surface area contributed by atoms with Crippen LogP contribution in [0.25, 0.3) is 0 Å². The highest BCUT2D eigenvalue weighted by atomic mass is 32.1. The zero-order valence-electron chi connectivity index (χ0n) is 10.2. The standard InChI is InChI=1S/C11H14N4O2S/c1-15-7-8(5-14-15)3-4-12-11-13-6-9(18-11)10(16)17-2/h5-7H,3-4H2,1-2H3,(H,12,13). The lowest BCUT2D eigenvalue weighted by molar-refractivity contribution is 0.0606. The minimum absolute atomic E-state index is 0.354. The van der Waals surface area contributed by atoms with Gasteiger partial charge in [-0.3, -0.25) is 4.68 Å². The Morgan fingerprint density at radius 1 is 1.56 bits per heavy atom. The summed E-state index contributed by atoms with van der Waals surface area (Å²) in [5.41, 5.74) is 1.16. The largest absolute Gasteiger partial charge is 0.465 e. The predicted octanol–water partition coefficient (Wildman–Crippen LogP) is 1.32. The normalized spacial score (nSPS) is 10.3. The van der Waals surface area contributed by atoms with Crippen molar-refractivity contribution in [3.63, 3.8) is 0 Å². The fourth-order valence-electron chi connectivity index (χ4n) is 1.47. The highest BCUT2D eigenvalue weighted by Crippen LogP contribution is 2.18. The molecule has 0 spiro atoms. The molecule has 2 rings (SSSR count). The van der Waals surface area contributed by atoms with Crippen LogP contribution in [0.15, 0.2) is 18.6 Å². The highest BCUT2D eigenvalue weighted by Gasteiger charge is 2.09. The molecule has 0 fully saturated rings. The number of aromatic nitrogens is 3. The van der Waals surface area contributed by atoms with Crippen molar-refractivity contribution in [3.8, 4) is 0 Å². The van der Waals surface area contributed by atoms with Gasteiger partial charge in [-0.1, -0.05) is 11.3 Å². The van der Waals surface area contributed by atoms with Crippen LogP contribution in [-0.4, -0.2) is 34.4 Å². The van der Waals surface area contributed by atoms with Gasteiger partial charge in [0.2, 0.25) is 0 Å². The first-order valence-corrected chi connectivity index (χ1v) is 6.26. The molecule has 18 heavy (non-hydrogen) atoms. The molecule has 0 saturated heterocycles. The average molecular weight is 266 g/mol. The number of thiazole rings is 1. The fourth-order valence-corrected chi connectivity index (χ4v) is 2.23. The Labute approximate surface area is 109 Å². The lowest BCUT2D eigenvalue weighted by Gasteiger charge is -1.99. The molecule has 2 heterocycles. The first-order valence-electron chi connectivity index (χ1n) is 5.44. The summed E-state index contributed by atoms with van der Waals surface area (Å²) in [5, 5.41) is 7.98. The van der Waals surface area contributed by atoms with Gasteiger partial charge in [0.25, 0.3) is 0 Å². The highest BCUT2D eigenvalue weighted by molar-refractivity contribution is 7.17. The number of methoxy groups -OCH3 is 1. The minimum Gasteiger partial charge on any atom is -0.465 e. The fraction of sp³-hybridized carbons (Fsp3) is 0.364. The van der Waals surface area contributed by atoms with Gasteiger partial charge in [0.1, 0.15) is 4.88 Å². The van der Waals surface area contributed by atoms with E-state index in [0.717, 1.165) is 23.7 Å². The molecule has 0 amide bonds. The van der Waals surface area contributed by atoms with Crippen molar-refractivity contribution in [2.24, 2.45) is 7.05 Å². The molecule has 0 saturated carbocycles. The Kier molecular flexibility index (Phi) is 3.93. The van der Waals surface area contributed by atoms with Gasteiger partial charge >= 0.3 is 5.97 Å². The van der Waals surface area contributed by atoms with Crippen LogP contribution in [0.2, 0.25) is 0 Å². The van der Waals surface area contributed by atoms with Crippen molar-refractivity contribution in [3.05, 3.63) is 29.0 Å². The predicted molar refractivity (Wildman–Crippen MR) is 68.9 cm³/mol. The molecule has 0 aliphatic rings. The van der Waals surface area contributed by atoms with Crippen molar-refractivity contribution >= 4 is 22.4 Å². The van der Waals surface area contributed by atoms with Crippen LogP contribution >= 0.6 is 11.3 Å². The SMILES string of the molecule is COC(=O)c1cnc(NCCc2cnn(C)c2)s1. The van der Waals surface area contributed by atoms with Gasteiger partial charge in [0, 0.05) is 19.8 Å². The Bertz CT molecular complexity index is 535. The number of rotatable bonds is 5. The number of carbonyl (C=O) groups is 1. The summed E-state index contributed by atoms with van der Waals surface area (Å²) in [7, 11) is 3.25. The van der Waals surface area contributed by atoms with Gasteiger partial charge in [-0.05, 0) is 12.0 Å². The number of ether oxygens (including phenoxy) is 1. The molecule has 0 radical (unpaired) electrons. The molecule has 96 valence electrons. The van der Waals surface area contributed by atoms with E-state index in [9.17, 15) is 4.79 Å². The number of nitrogens with zero attached hydrogens (tertiary/aromatic N) is 3. The van der Waals surface area contributed by atoms with E-state index in [0.29, 0.717) is 4.88 Å². The Morgan fingerprint density at radius 2 is 2.39 bits per heavy atom. The first-order chi connectivity index (χ1) is 8.69. The lowest BCUT2D eigenvalue weighted by Crippen LogP contribution is -2.03. The van der Waals surface area contributed by atoms with E-state index in [1.54, 1.807) is 4.68 Å². The summed E-state index contributed by atoms with van der Waals surface area (Å²) in [6.07, 6.45) is 6.19. The van der Waals surface area contributed by atoms with Gasteiger partial charge in [-0.15, -0.1) is 0 Å². The molecule has 2 aromatic heterocycles. The molecule has 0 unspecified atom stereocenters. The van der Waals surface area contributed by atoms with Crippen LogP contribution in [0.1, 0.15) is 15.2 Å². The second-order valence-electron chi connectivity index (χ2n) is 3.72. The van der Waals surface area contributed by atoms with Gasteiger partial charge in [0.05, 0.1) is 19.5 Å². The second kappa shape index (κ2) is 5.63. The van der Waals surface area contributed by atoms with Crippen molar-refractivity contribution in [1.82, 2.24) is 14.8 Å². The summed E-state index contributed by atoms with van der Waals surface area (Å²) >= 11 is 1.29. The van der Waals surface area contributed by atoms with Crippen LogP contribution in [0.5, 0.6) is 0 Å². The molecule has 1 N–H and O–H groups in total. The van der Waals surface area contributed by atoms with E-state index in [1.165, 1.54) is 24.6 Å². The smallest absolute Gasteiger partial charge is 0.349 e. The van der Waals surface area contributed by atoms with E-state index in [2.05, 4.69) is 20.1 Å². The molecule has 0 aromatic carbocycles. The summed E-state index contributed by atoms with van der Waals surface area (Å²) < 4.78 is 6.39. The van der Waals surface area contributed by atoms with Crippen molar-refractivity contribution < 1.29 is 9.53 Å². The Balaban J connectivity index is 1.83. The maximum atomic E-state index is 11.2. The molecule has 0 aliphatic heterocycles. The minimum atomic E-state index is -0.354. The van der Waals surface area contributed by atoms with E-state index < -0.39 is 0 Å². The Morgan fingerprint density at radius 3 is 3.06 bits per heavy atom. The molecular formula is C11H14N4O2S. The van der Waals surface area contributed by atoms with E-state index in [1.807, 2.05) is 19.4 Å². The third-order valence-corrected chi connectivity index (χ3v) is 3.28. The lowest BCUT2D eigenvalue weighted by atomic mass is 10.2. The van der Waals surface area contributed by atoms with Gasteiger partial charge in [0.15, 0.2) is 5.13 Å². The average Bonchev–Trinajstić information content (AvgIpc) is 2.98. The molecule has 0 bridgehead atoms. The summed E-state index contributed by atoms with van der Waals surface area (Å²) in [4.78, 5) is 15.8. The number of hydrogen-bond acceptors (Lipinski definition) is 6. The van der Waals surface area contributed by atoms with Crippen LogP contribution in [0, 0.1) is 0 Å². The van der Waals surface area contributed by atoms with Crippen molar-refractivity contribution in [2.45, 2.75) is 6.42 Å². The third kappa shape index (κ3) is 3.07. The molecule has 0 atom stereocenters. The number of aryl methyl sites for hydroxylation is 1. The monoisotopic (exact) mass is 266 g/mol. The molecule has 2 aromatic rings. The zero-order chi connectivity index (χ0) is 13.0. The number of anilines is 1. The van der Waals surface area contributed by atoms with Crippen molar-refractivity contribution in [1.29, 1.82) is 0 Å². The zero-order valence-corrected chi connectivity index (χ0v) is 11.0. The Hall–Kier alpha value is -1.89. The first kappa shape index (κ1) is 12.6. The summed E-state index contributed by atoms with van der Waals surface area (Å²) in [5.74, 6) is -0.354. The van der Waals surface area contributed by atoms with Gasteiger partial charge < -0.3 is 10.1 Å². The topological polar surface area (TPSA) is 69.0 Å². The van der Waals surface area contributed by atoms with E-state index >= 15 is 0 Å². The third-order valence-electron chi connectivity index (χ3n) is 2.34. The van der Waals surface area contributed by atoms with Crippen LogP contribution in [-0.2, 0) is 18.2 Å². The quantitative estimate of drug-likeness (QED) is 0.827. The van der Waals surface area contributed by atoms with E-state index in [-0.39, 0.29) is 5.97 Å². The van der Waals surface area contributed by atoms with Gasteiger partial charge in [-0.25, -0.2) is 9.78 Å². The molecule has 6 nitrogen and oxygen atoms in total. The second-order valence-corrected chi connectivity index (χ2v) is 4.75. The molecular weight excluding hydrogens is 252 g/mol. The van der Waals surface area contributed by atoms with Gasteiger partial charge in [-0.2, -0.15) is 5.10 Å². The molecule has 0 aliphatic carbocycles. The van der Waals surface area contributed by atoms with Crippen LogP contribution in [0.4, 0.5) is 5.13 Å². The molecule has 7 heteroatoms. The van der Waals surface area contributed by atoms with Crippen molar-refractivity contribution in [2.75, 3.05) is 19.0 Å². The van der Waals surface area contributed by atoms with E-state index in [4.69, 9.17) is 0 Å². The number of hydrogen-bond donors (Lipinski definition) is 1. The van der Waals surface area contributed by atoms with Crippen LogP contribution in [0.3, 0.4) is 0 Å². The van der Waals surface area contributed by atoms with Crippen LogP contribution < -0.4 is 5.32 Å². The summed E-state index contributed by atoms with van der Waals surface area (Å²) in [6.45, 7) is 0.750. The maximum Gasteiger partial charge on any atom is 0.349 e.